The molecular formula is C20H24O4S. The van der Waals surface area contributed by atoms with Crippen molar-refractivity contribution in [3.05, 3.63) is 65.2 Å². The summed E-state index contributed by atoms with van der Waals surface area (Å²) in [6.45, 7) is 6.84. The van der Waals surface area contributed by atoms with Gasteiger partial charge in [0.2, 0.25) is 0 Å². The van der Waals surface area contributed by atoms with E-state index in [9.17, 15) is 9.00 Å². The van der Waals surface area contributed by atoms with Crippen LogP contribution in [0.25, 0.3) is 0 Å². The normalized spacial score (nSPS) is 12.6. The summed E-state index contributed by atoms with van der Waals surface area (Å²) in [4.78, 5) is 11.0. The number of hydrogen-bond donors (Lipinski definition) is 1. The molecule has 0 spiro atoms. The summed E-state index contributed by atoms with van der Waals surface area (Å²) in [5.74, 6) is 0.513. The van der Waals surface area contributed by atoms with Crippen LogP contribution in [0.15, 0.2) is 48.5 Å². The van der Waals surface area contributed by atoms with Crippen LogP contribution in [-0.4, -0.2) is 27.6 Å². The predicted molar refractivity (Wildman–Crippen MR) is 101 cm³/mol. The lowest BCUT2D eigenvalue weighted by Gasteiger charge is -2.19. The highest BCUT2D eigenvalue weighted by Crippen LogP contribution is 2.24. The van der Waals surface area contributed by atoms with Gasteiger partial charge in [0.15, 0.2) is 0 Å². The smallest absolute Gasteiger partial charge is 0.335 e. The fourth-order valence-electron chi connectivity index (χ4n) is 2.36. The Morgan fingerprint density at radius 3 is 2.40 bits per heavy atom. The summed E-state index contributed by atoms with van der Waals surface area (Å²) in [5, 5.41) is 8.98. The maximum absolute atomic E-state index is 12.2. The summed E-state index contributed by atoms with van der Waals surface area (Å²) in [7, 11) is -1.10. The molecule has 0 saturated carbocycles. The highest BCUT2D eigenvalue weighted by atomic mass is 32.2. The van der Waals surface area contributed by atoms with Gasteiger partial charge in [-0.1, -0.05) is 45.0 Å². The van der Waals surface area contributed by atoms with Crippen LogP contribution >= 0.6 is 0 Å². The van der Waals surface area contributed by atoms with E-state index >= 15 is 0 Å². The van der Waals surface area contributed by atoms with Crippen molar-refractivity contribution in [2.45, 2.75) is 31.9 Å². The SMILES string of the molecule is CC(C)(C)c1ccc(OCCS(=O)Cc2cccc(C(=O)O)c2)cc1. The van der Waals surface area contributed by atoms with E-state index in [1.165, 1.54) is 11.6 Å². The number of ether oxygens (including phenoxy) is 1. The molecule has 2 rings (SSSR count). The Labute approximate surface area is 151 Å². The van der Waals surface area contributed by atoms with Gasteiger partial charge in [-0.05, 0) is 40.8 Å². The van der Waals surface area contributed by atoms with Gasteiger partial charge < -0.3 is 9.84 Å². The number of carbonyl (C=O) groups is 1. The van der Waals surface area contributed by atoms with Gasteiger partial charge >= 0.3 is 5.97 Å². The van der Waals surface area contributed by atoms with Crippen LogP contribution in [0.2, 0.25) is 0 Å². The first-order valence-electron chi connectivity index (χ1n) is 8.16. The van der Waals surface area contributed by atoms with E-state index in [2.05, 4.69) is 20.8 Å². The topological polar surface area (TPSA) is 63.6 Å². The molecule has 0 heterocycles. The average molecular weight is 360 g/mol. The van der Waals surface area contributed by atoms with Crippen LogP contribution in [0, 0.1) is 0 Å². The molecule has 0 amide bonds. The van der Waals surface area contributed by atoms with Gasteiger partial charge in [-0.2, -0.15) is 0 Å². The summed E-state index contributed by atoms with van der Waals surface area (Å²) in [5.41, 5.74) is 2.31. The molecule has 1 atom stereocenters. The van der Waals surface area contributed by atoms with E-state index < -0.39 is 16.8 Å². The first-order valence-corrected chi connectivity index (χ1v) is 9.65. The van der Waals surface area contributed by atoms with Gasteiger partial charge in [-0.15, -0.1) is 0 Å². The fourth-order valence-corrected chi connectivity index (χ4v) is 3.32. The Kier molecular flexibility index (Phi) is 6.37. The van der Waals surface area contributed by atoms with E-state index in [-0.39, 0.29) is 11.0 Å². The molecule has 0 aliphatic carbocycles. The molecule has 1 unspecified atom stereocenters. The third kappa shape index (κ3) is 6.02. The highest BCUT2D eigenvalue weighted by molar-refractivity contribution is 7.84. The van der Waals surface area contributed by atoms with Crippen molar-refractivity contribution < 1.29 is 18.8 Å². The van der Waals surface area contributed by atoms with Crippen molar-refractivity contribution in [2.24, 2.45) is 0 Å². The van der Waals surface area contributed by atoms with Crippen LogP contribution < -0.4 is 4.74 Å². The van der Waals surface area contributed by atoms with E-state index in [1.54, 1.807) is 18.2 Å². The molecule has 2 aromatic carbocycles. The highest BCUT2D eigenvalue weighted by Gasteiger charge is 2.13. The Morgan fingerprint density at radius 2 is 1.80 bits per heavy atom. The monoisotopic (exact) mass is 360 g/mol. The lowest BCUT2D eigenvalue weighted by atomic mass is 9.87. The van der Waals surface area contributed by atoms with E-state index in [0.29, 0.717) is 18.1 Å². The predicted octanol–water partition coefficient (Wildman–Crippen LogP) is 4.01. The van der Waals surface area contributed by atoms with Gasteiger partial charge in [-0.3, -0.25) is 4.21 Å². The summed E-state index contributed by atoms with van der Waals surface area (Å²) >= 11 is 0. The maximum Gasteiger partial charge on any atom is 0.335 e. The van der Waals surface area contributed by atoms with Crippen LogP contribution in [0.1, 0.15) is 42.3 Å². The first kappa shape index (κ1) is 19.2. The number of hydrogen-bond acceptors (Lipinski definition) is 3. The minimum atomic E-state index is -1.10. The van der Waals surface area contributed by atoms with Crippen molar-refractivity contribution in [1.29, 1.82) is 0 Å². The second-order valence-electron chi connectivity index (χ2n) is 6.92. The summed E-state index contributed by atoms with van der Waals surface area (Å²) < 4.78 is 17.8. The van der Waals surface area contributed by atoms with Gasteiger partial charge in [0, 0.05) is 16.6 Å². The van der Waals surface area contributed by atoms with Crippen molar-refractivity contribution in [3.63, 3.8) is 0 Å². The molecule has 4 nitrogen and oxygen atoms in total. The lowest BCUT2D eigenvalue weighted by Crippen LogP contribution is -2.12. The zero-order valence-corrected chi connectivity index (χ0v) is 15.6. The summed E-state index contributed by atoms with van der Waals surface area (Å²) in [6, 6.07) is 14.5. The van der Waals surface area contributed by atoms with Crippen LogP contribution in [-0.2, 0) is 22.0 Å². The number of benzene rings is 2. The maximum atomic E-state index is 12.2. The minimum Gasteiger partial charge on any atom is -0.493 e. The molecule has 0 aliphatic heterocycles. The van der Waals surface area contributed by atoms with Crippen molar-refractivity contribution in [3.8, 4) is 5.75 Å². The Balaban J connectivity index is 1.82. The standard InChI is InChI=1S/C20H24O4S/c1-20(2,3)17-7-9-18(10-8-17)24-11-12-25(23)14-15-5-4-6-16(13-15)19(21)22/h4-10,13H,11-12,14H2,1-3H3,(H,21,22). The van der Waals surface area contributed by atoms with Crippen molar-refractivity contribution in [2.75, 3.05) is 12.4 Å². The molecule has 1 N–H and O–H groups in total. The van der Waals surface area contributed by atoms with Crippen molar-refractivity contribution in [1.82, 2.24) is 0 Å². The quantitative estimate of drug-likeness (QED) is 0.810. The van der Waals surface area contributed by atoms with Crippen LogP contribution in [0.5, 0.6) is 5.75 Å². The molecule has 0 aromatic heterocycles. The molecule has 134 valence electrons. The molecule has 0 radical (unpaired) electrons. The van der Waals surface area contributed by atoms with Crippen molar-refractivity contribution >= 4 is 16.8 Å². The second kappa shape index (κ2) is 8.30. The molecule has 0 fully saturated rings. The fraction of sp³-hybridized carbons (Fsp3) is 0.350. The number of carboxylic acids is 1. The third-order valence-corrected chi connectivity index (χ3v) is 5.08. The summed E-state index contributed by atoms with van der Waals surface area (Å²) in [6.07, 6.45) is 0. The molecular weight excluding hydrogens is 336 g/mol. The van der Waals surface area contributed by atoms with E-state index in [0.717, 1.165) is 11.3 Å². The van der Waals surface area contributed by atoms with E-state index in [4.69, 9.17) is 9.84 Å². The molecule has 2 aromatic rings. The Bertz CT molecular complexity index is 745. The first-order chi connectivity index (χ1) is 11.8. The minimum absolute atomic E-state index is 0.102. The number of rotatable bonds is 7. The van der Waals surface area contributed by atoms with Gasteiger partial charge in [0.05, 0.1) is 17.9 Å². The largest absolute Gasteiger partial charge is 0.493 e. The van der Waals surface area contributed by atoms with Crippen LogP contribution in [0.3, 0.4) is 0 Å². The average Bonchev–Trinajstić information content (AvgIpc) is 2.54. The van der Waals surface area contributed by atoms with Crippen LogP contribution in [0.4, 0.5) is 0 Å². The number of aromatic carboxylic acids is 1. The second-order valence-corrected chi connectivity index (χ2v) is 8.49. The zero-order chi connectivity index (χ0) is 18.4. The van der Waals surface area contributed by atoms with Gasteiger partial charge in [-0.25, -0.2) is 4.79 Å². The lowest BCUT2D eigenvalue weighted by molar-refractivity contribution is 0.0696. The zero-order valence-electron chi connectivity index (χ0n) is 14.8. The molecule has 0 saturated heterocycles. The van der Waals surface area contributed by atoms with Gasteiger partial charge in [0.25, 0.3) is 0 Å². The van der Waals surface area contributed by atoms with E-state index in [1.807, 2.05) is 24.3 Å². The number of carboxylic acid groups (broad SMARTS) is 1. The molecule has 0 aliphatic rings. The Morgan fingerprint density at radius 1 is 1.12 bits per heavy atom. The molecule has 0 bridgehead atoms. The third-order valence-electron chi connectivity index (χ3n) is 3.80. The Hall–Kier alpha value is -2.14. The molecule has 25 heavy (non-hydrogen) atoms. The van der Waals surface area contributed by atoms with Gasteiger partial charge in [0.1, 0.15) is 5.75 Å². The molecule has 5 heteroatoms.